The highest BCUT2D eigenvalue weighted by molar-refractivity contribution is 4.64. The molecule has 0 spiro atoms. The van der Waals surface area contributed by atoms with E-state index in [1.54, 1.807) is 0 Å². The molecule has 0 aromatic rings. The first-order valence-corrected chi connectivity index (χ1v) is 6.63. The van der Waals surface area contributed by atoms with Crippen LogP contribution in [0.5, 0.6) is 0 Å². The zero-order valence-corrected chi connectivity index (χ0v) is 11.4. The molecule has 0 aliphatic rings. The minimum Gasteiger partial charge on any atom is -0.379 e. The van der Waals surface area contributed by atoms with Crippen LogP contribution in [0.25, 0.3) is 0 Å². The van der Waals surface area contributed by atoms with Crippen LogP contribution in [0.2, 0.25) is 0 Å². The van der Waals surface area contributed by atoms with Crippen LogP contribution in [0.4, 0.5) is 0 Å². The largest absolute Gasteiger partial charge is 0.379 e. The van der Waals surface area contributed by atoms with Crippen molar-refractivity contribution in [1.29, 1.82) is 0 Å². The molecule has 0 saturated carbocycles. The number of ether oxygens (including phenoxy) is 2. The lowest BCUT2D eigenvalue weighted by Gasteiger charge is -2.19. The Hall–Kier alpha value is -0.120. The van der Waals surface area contributed by atoms with Crippen molar-refractivity contribution in [3.63, 3.8) is 0 Å². The van der Waals surface area contributed by atoms with E-state index in [-0.39, 0.29) is 0 Å². The Morgan fingerprint density at radius 3 is 2.38 bits per heavy atom. The van der Waals surface area contributed by atoms with Crippen molar-refractivity contribution in [2.45, 2.75) is 59.1 Å². The van der Waals surface area contributed by atoms with Crippen molar-refractivity contribution in [2.75, 3.05) is 26.4 Å². The molecule has 0 aromatic heterocycles. The van der Waals surface area contributed by atoms with E-state index in [1.165, 1.54) is 6.42 Å². The third-order valence-electron chi connectivity index (χ3n) is 2.41. The Labute approximate surface area is 101 Å². The second kappa shape index (κ2) is 11.4. The Morgan fingerprint density at radius 1 is 1.00 bits per heavy atom. The fourth-order valence-corrected chi connectivity index (χ4v) is 1.59. The summed E-state index contributed by atoms with van der Waals surface area (Å²) in [6.45, 7) is 12.0. The lowest BCUT2D eigenvalue weighted by atomic mass is 10.1. The van der Waals surface area contributed by atoms with Crippen molar-refractivity contribution >= 4 is 0 Å². The third kappa shape index (κ3) is 10.4. The van der Waals surface area contributed by atoms with Gasteiger partial charge in [-0.05, 0) is 39.7 Å². The standard InChI is InChI=1S/C13H29NO2/c1-5-7-14-12(3)11-13(4)16-10-9-15-8-6-2/h12-14H,5-11H2,1-4H3. The third-order valence-corrected chi connectivity index (χ3v) is 2.41. The van der Waals surface area contributed by atoms with Crippen LogP contribution in [-0.2, 0) is 9.47 Å². The Balaban J connectivity index is 3.32. The van der Waals surface area contributed by atoms with Crippen molar-refractivity contribution in [3.8, 4) is 0 Å². The van der Waals surface area contributed by atoms with Gasteiger partial charge in [0.2, 0.25) is 0 Å². The summed E-state index contributed by atoms with van der Waals surface area (Å²) in [5.41, 5.74) is 0. The molecule has 0 fully saturated rings. The SMILES string of the molecule is CCCNC(C)CC(C)OCCOCCC. The maximum Gasteiger partial charge on any atom is 0.0704 e. The van der Waals surface area contributed by atoms with E-state index in [0.29, 0.717) is 18.8 Å². The summed E-state index contributed by atoms with van der Waals surface area (Å²) in [7, 11) is 0. The van der Waals surface area contributed by atoms with Gasteiger partial charge in [-0.15, -0.1) is 0 Å². The average molecular weight is 231 g/mol. The summed E-state index contributed by atoms with van der Waals surface area (Å²) < 4.78 is 11.0. The summed E-state index contributed by atoms with van der Waals surface area (Å²) in [4.78, 5) is 0. The van der Waals surface area contributed by atoms with Gasteiger partial charge in [0.15, 0.2) is 0 Å². The summed E-state index contributed by atoms with van der Waals surface area (Å²) in [6, 6.07) is 0.534. The molecule has 98 valence electrons. The summed E-state index contributed by atoms with van der Waals surface area (Å²) in [6.07, 6.45) is 3.63. The van der Waals surface area contributed by atoms with Gasteiger partial charge in [0, 0.05) is 12.6 Å². The maximum absolute atomic E-state index is 5.67. The second-order valence-electron chi connectivity index (χ2n) is 4.38. The molecule has 0 aromatic carbocycles. The number of rotatable bonds is 11. The Morgan fingerprint density at radius 2 is 1.75 bits per heavy atom. The minimum absolute atomic E-state index is 0.310. The predicted molar refractivity (Wildman–Crippen MR) is 68.9 cm³/mol. The molecule has 3 heteroatoms. The molecule has 0 heterocycles. The highest BCUT2D eigenvalue weighted by Crippen LogP contribution is 2.02. The van der Waals surface area contributed by atoms with Gasteiger partial charge in [0.1, 0.15) is 0 Å². The van der Waals surface area contributed by atoms with Gasteiger partial charge < -0.3 is 14.8 Å². The summed E-state index contributed by atoms with van der Waals surface area (Å²) >= 11 is 0. The molecular weight excluding hydrogens is 202 g/mol. The van der Waals surface area contributed by atoms with Crippen LogP contribution in [-0.4, -0.2) is 38.5 Å². The van der Waals surface area contributed by atoms with Crippen molar-refractivity contribution in [3.05, 3.63) is 0 Å². The van der Waals surface area contributed by atoms with Crippen molar-refractivity contribution in [2.24, 2.45) is 0 Å². The van der Waals surface area contributed by atoms with Gasteiger partial charge in [0.05, 0.1) is 19.3 Å². The first-order valence-electron chi connectivity index (χ1n) is 6.63. The quantitative estimate of drug-likeness (QED) is 0.554. The fourth-order valence-electron chi connectivity index (χ4n) is 1.59. The van der Waals surface area contributed by atoms with E-state index in [9.17, 15) is 0 Å². The van der Waals surface area contributed by atoms with E-state index in [2.05, 4.69) is 33.0 Å². The number of hydrogen-bond donors (Lipinski definition) is 1. The lowest BCUT2D eigenvalue weighted by Crippen LogP contribution is -2.31. The first kappa shape index (κ1) is 15.9. The van der Waals surface area contributed by atoms with E-state index in [1.807, 2.05) is 0 Å². The van der Waals surface area contributed by atoms with Gasteiger partial charge in [-0.25, -0.2) is 0 Å². The van der Waals surface area contributed by atoms with Crippen LogP contribution in [0.3, 0.4) is 0 Å². The molecule has 0 saturated heterocycles. The van der Waals surface area contributed by atoms with Crippen molar-refractivity contribution in [1.82, 2.24) is 5.32 Å². The van der Waals surface area contributed by atoms with E-state index in [0.717, 1.165) is 32.6 Å². The highest BCUT2D eigenvalue weighted by atomic mass is 16.5. The number of hydrogen-bond acceptors (Lipinski definition) is 3. The van der Waals surface area contributed by atoms with Gasteiger partial charge >= 0.3 is 0 Å². The van der Waals surface area contributed by atoms with Gasteiger partial charge in [-0.1, -0.05) is 13.8 Å². The van der Waals surface area contributed by atoms with E-state index < -0.39 is 0 Å². The fraction of sp³-hybridized carbons (Fsp3) is 1.00. The molecule has 0 aliphatic carbocycles. The predicted octanol–water partition coefficient (Wildman–Crippen LogP) is 2.60. The smallest absolute Gasteiger partial charge is 0.0704 e. The van der Waals surface area contributed by atoms with E-state index >= 15 is 0 Å². The molecule has 0 bridgehead atoms. The van der Waals surface area contributed by atoms with Crippen LogP contribution in [0, 0.1) is 0 Å². The van der Waals surface area contributed by atoms with Crippen LogP contribution in [0.1, 0.15) is 47.0 Å². The normalized spacial score (nSPS) is 15.0. The molecule has 0 amide bonds. The molecule has 0 radical (unpaired) electrons. The molecule has 3 nitrogen and oxygen atoms in total. The molecule has 0 aliphatic heterocycles. The molecule has 1 N–H and O–H groups in total. The molecule has 0 rings (SSSR count). The molecule has 2 atom stereocenters. The average Bonchev–Trinajstić information content (AvgIpc) is 2.26. The lowest BCUT2D eigenvalue weighted by molar-refractivity contribution is 0.00627. The van der Waals surface area contributed by atoms with Crippen LogP contribution < -0.4 is 5.32 Å². The summed E-state index contributed by atoms with van der Waals surface area (Å²) in [5.74, 6) is 0. The summed E-state index contributed by atoms with van der Waals surface area (Å²) in [5, 5.41) is 3.46. The topological polar surface area (TPSA) is 30.5 Å². The van der Waals surface area contributed by atoms with Gasteiger partial charge in [0.25, 0.3) is 0 Å². The Kier molecular flexibility index (Phi) is 11.3. The zero-order chi connectivity index (χ0) is 12.2. The first-order chi connectivity index (χ1) is 7.70. The highest BCUT2D eigenvalue weighted by Gasteiger charge is 2.07. The monoisotopic (exact) mass is 231 g/mol. The Bertz CT molecular complexity index is 142. The minimum atomic E-state index is 0.310. The number of nitrogens with one attached hydrogen (secondary N) is 1. The van der Waals surface area contributed by atoms with Crippen LogP contribution in [0.15, 0.2) is 0 Å². The molecular formula is C13H29NO2. The molecule has 2 unspecified atom stereocenters. The van der Waals surface area contributed by atoms with E-state index in [4.69, 9.17) is 9.47 Å². The zero-order valence-electron chi connectivity index (χ0n) is 11.4. The van der Waals surface area contributed by atoms with Gasteiger partial charge in [-0.2, -0.15) is 0 Å². The second-order valence-corrected chi connectivity index (χ2v) is 4.38. The van der Waals surface area contributed by atoms with Crippen LogP contribution >= 0.6 is 0 Å². The van der Waals surface area contributed by atoms with Gasteiger partial charge in [-0.3, -0.25) is 0 Å². The molecule has 16 heavy (non-hydrogen) atoms. The maximum atomic E-state index is 5.67. The van der Waals surface area contributed by atoms with Crippen molar-refractivity contribution < 1.29 is 9.47 Å².